The zero-order chi connectivity index (χ0) is 34.6. The van der Waals surface area contributed by atoms with Crippen molar-refractivity contribution < 1.29 is 56.1 Å². The summed E-state index contributed by atoms with van der Waals surface area (Å²) in [5, 5.41) is 9.07. The van der Waals surface area contributed by atoms with Crippen LogP contribution in [0.5, 0.6) is 28.7 Å². The number of ether oxygens (including phenoxy) is 4. The molecule has 0 spiro atoms. The van der Waals surface area contributed by atoms with Crippen LogP contribution < -0.4 is 25.1 Å². The fourth-order valence-electron chi connectivity index (χ4n) is 5.30. The topological polar surface area (TPSA) is 110 Å². The monoisotopic (exact) mass is 662 g/mol. The van der Waals surface area contributed by atoms with Crippen molar-refractivity contribution in [3.05, 3.63) is 101 Å². The zero-order valence-electron chi connectivity index (χ0n) is 26.6. The molecule has 2 aliphatic rings. The van der Waals surface area contributed by atoms with E-state index in [-0.39, 0.29) is 48.8 Å². The van der Waals surface area contributed by atoms with Crippen LogP contribution in [0, 0.1) is 0 Å². The van der Waals surface area contributed by atoms with E-state index < -0.39 is 23.7 Å². The first kappa shape index (κ1) is 34.4. The Balaban J connectivity index is 0.000000190. The van der Waals surface area contributed by atoms with E-state index in [0.717, 1.165) is 28.7 Å². The first-order valence-electron chi connectivity index (χ1n) is 15.0. The molecule has 0 fully saturated rings. The average Bonchev–Trinajstić information content (AvgIpc) is 3.61. The Hall–Kier alpha value is -4.94. The van der Waals surface area contributed by atoms with E-state index in [1.165, 1.54) is 24.7 Å². The fraction of sp³-hybridized carbons (Fsp3) is 0.235. The summed E-state index contributed by atoms with van der Waals surface area (Å²) in [6.07, 6.45) is -4.67. The second-order valence-corrected chi connectivity index (χ2v) is 10.9. The van der Waals surface area contributed by atoms with Gasteiger partial charge in [-0.05, 0) is 83.6 Å². The Bertz CT molecular complexity index is 1830. The highest BCUT2D eigenvalue weighted by Gasteiger charge is 2.36. The van der Waals surface area contributed by atoms with E-state index in [2.05, 4.69) is 0 Å². The van der Waals surface area contributed by atoms with Crippen LogP contribution in [0.2, 0.25) is 13.6 Å². The molecule has 248 valence electrons. The third-order valence-electron chi connectivity index (χ3n) is 7.75. The van der Waals surface area contributed by atoms with Crippen molar-refractivity contribution in [2.45, 2.75) is 40.0 Å². The Labute approximate surface area is 275 Å². The van der Waals surface area contributed by atoms with Gasteiger partial charge in [-0.2, -0.15) is 13.2 Å². The van der Waals surface area contributed by atoms with E-state index in [1.54, 1.807) is 37.3 Å². The van der Waals surface area contributed by atoms with Crippen LogP contribution in [0.1, 0.15) is 44.3 Å². The van der Waals surface area contributed by atoms with E-state index in [1.807, 2.05) is 31.8 Å². The summed E-state index contributed by atoms with van der Waals surface area (Å²) in [5.74, 6) is -0.480. The maximum absolute atomic E-state index is 13.4. The van der Waals surface area contributed by atoms with Gasteiger partial charge in [0.2, 0.25) is 0 Å². The Morgan fingerprint density at radius 3 is 1.90 bits per heavy atom. The van der Waals surface area contributed by atoms with Gasteiger partial charge in [-0.3, -0.25) is 0 Å². The molecule has 4 aromatic carbocycles. The molecule has 0 atom stereocenters. The summed E-state index contributed by atoms with van der Waals surface area (Å²) in [6, 6.07) is 18.6. The molecule has 0 radical (unpaired) electrons. The molecule has 0 aliphatic carbocycles. The lowest BCUT2D eigenvalue weighted by atomic mass is 9.64. The minimum Gasteiger partial charge on any atom is -0.496 e. The molecular weight excluding hydrogens is 631 g/mol. The van der Waals surface area contributed by atoms with Crippen molar-refractivity contribution in [2.75, 3.05) is 13.7 Å². The summed E-state index contributed by atoms with van der Waals surface area (Å²) in [6.45, 7) is 6.61. The van der Waals surface area contributed by atoms with Gasteiger partial charge < -0.3 is 33.4 Å². The van der Waals surface area contributed by atoms with Crippen LogP contribution in [-0.2, 0) is 33.4 Å². The van der Waals surface area contributed by atoms with Crippen molar-refractivity contribution in [2.24, 2.45) is 0 Å². The molecule has 4 aromatic rings. The maximum Gasteiger partial charge on any atom is 0.420 e. The standard InChI is InChI=1S/C18H16BF3O4.C16H15BO5/c1-3-24-17(23)11-4-7-16(14(9-11)18(20,21)22)26-13-5-6-15-12(8-13)10-25-19(15)2;1-17-14-6-4-11(7-10(14)9-21-17)22-12-3-5-13(16(18)19)15(8-12)20-2/h4-9H,3,10H2,1-2H3;3-8H,9H2,1-2H3,(H,18,19). The molecule has 0 aromatic heterocycles. The highest BCUT2D eigenvalue weighted by Crippen LogP contribution is 2.39. The largest absolute Gasteiger partial charge is 0.496 e. The smallest absolute Gasteiger partial charge is 0.420 e. The number of methoxy groups -OCH3 is 1. The van der Waals surface area contributed by atoms with Crippen LogP contribution in [-0.4, -0.2) is 44.6 Å². The lowest BCUT2D eigenvalue weighted by Gasteiger charge is -2.15. The number of carbonyl (C=O) groups is 2. The summed E-state index contributed by atoms with van der Waals surface area (Å²) in [4.78, 5) is 22.8. The number of rotatable bonds is 8. The molecule has 0 unspecified atom stereocenters. The van der Waals surface area contributed by atoms with Gasteiger partial charge >= 0.3 is 31.9 Å². The van der Waals surface area contributed by atoms with Gasteiger partial charge in [-0.15, -0.1) is 0 Å². The third-order valence-corrected chi connectivity index (χ3v) is 7.75. The summed E-state index contributed by atoms with van der Waals surface area (Å²) >= 11 is 0. The summed E-state index contributed by atoms with van der Waals surface area (Å²) in [5.41, 5.74) is 3.05. The van der Waals surface area contributed by atoms with Gasteiger partial charge in [0.1, 0.15) is 34.3 Å². The van der Waals surface area contributed by atoms with E-state index in [9.17, 15) is 22.8 Å². The number of fused-ring (bicyclic) bond motifs is 2. The first-order valence-corrected chi connectivity index (χ1v) is 15.0. The molecule has 0 amide bonds. The molecule has 0 saturated carbocycles. The average molecular weight is 662 g/mol. The normalized spacial score (nSPS) is 13.2. The van der Waals surface area contributed by atoms with Crippen molar-refractivity contribution in [1.82, 2.24) is 0 Å². The molecule has 0 saturated heterocycles. The van der Waals surface area contributed by atoms with Crippen LogP contribution >= 0.6 is 0 Å². The number of alkyl halides is 3. The Kier molecular flexibility index (Phi) is 10.4. The number of carbonyl (C=O) groups excluding carboxylic acids is 1. The van der Waals surface area contributed by atoms with Crippen LogP contribution in [0.15, 0.2) is 72.8 Å². The van der Waals surface area contributed by atoms with Crippen molar-refractivity contribution >= 4 is 36.7 Å². The van der Waals surface area contributed by atoms with Gasteiger partial charge in [0.05, 0.1) is 38.1 Å². The Morgan fingerprint density at radius 2 is 1.35 bits per heavy atom. The molecule has 9 nitrogen and oxygen atoms in total. The number of hydrogen-bond acceptors (Lipinski definition) is 8. The number of benzene rings is 4. The van der Waals surface area contributed by atoms with Crippen molar-refractivity contribution in [3.8, 4) is 28.7 Å². The third kappa shape index (κ3) is 7.77. The number of esters is 1. The molecular formula is C34H31B2F3O9. The van der Waals surface area contributed by atoms with Gasteiger partial charge in [0.25, 0.3) is 0 Å². The molecule has 48 heavy (non-hydrogen) atoms. The first-order chi connectivity index (χ1) is 22.9. The van der Waals surface area contributed by atoms with E-state index >= 15 is 0 Å². The van der Waals surface area contributed by atoms with Crippen molar-refractivity contribution in [1.29, 1.82) is 0 Å². The van der Waals surface area contributed by atoms with E-state index in [0.29, 0.717) is 24.7 Å². The minimum absolute atomic E-state index is 0.0475. The Morgan fingerprint density at radius 1 is 0.792 bits per heavy atom. The second kappa shape index (κ2) is 14.4. The highest BCUT2D eigenvalue weighted by molar-refractivity contribution is 6.67. The molecule has 14 heteroatoms. The second-order valence-electron chi connectivity index (χ2n) is 10.9. The highest BCUT2D eigenvalue weighted by atomic mass is 19.4. The van der Waals surface area contributed by atoms with Gasteiger partial charge in [0.15, 0.2) is 0 Å². The number of carboxylic acids is 1. The predicted molar refractivity (Wildman–Crippen MR) is 172 cm³/mol. The SMILES string of the molecule is CCOC(=O)c1ccc(Oc2ccc3c(c2)COB3C)c(C(F)(F)F)c1.COc1cc(Oc2ccc3c(c2)COB3C)ccc1C(=O)O. The lowest BCUT2D eigenvalue weighted by molar-refractivity contribution is -0.138. The van der Waals surface area contributed by atoms with Crippen LogP contribution in [0.25, 0.3) is 0 Å². The minimum atomic E-state index is -4.67. The van der Waals surface area contributed by atoms with Gasteiger partial charge in [-0.25, -0.2) is 9.59 Å². The number of aromatic carboxylic acids is 1. The summed E-state index contributed by atoms with van der Waals surface area (Å²) < 4.78 is 72.3. The van der Waals surface area contributed by atoms with Crippen LogP contribution in [0.4, 0.5) is 13.2 Å². The number of carboxylic acid groups (broad SMARTS) is 1. The van der Waals surface area contributed by atoms with E-state index in [4.69, 9.17) is 33.4 Å². The quantitative estimate of drug-likeness (QED) is 0.165. The lowest BCUT2D eigenvalue weighted by Crippen LogP contribution is -2.23. The zero-order valence-corrected chi connectivity index (χ0v) is 26.6. The van der Waals surface area contributed by atoms with Gasteiger partial charge in [0, 0.05) is 6.07 Å². The predicted octanol–water partition coefficient (Wildman–Crippen LogP) is 6.58. The summed E-state index contributed by atoms with van der Waals surface area (Å²) in [7, 11) is 1.43. The molecule has 0 bridgehead atoms. The molecule has 2 heterocycles. The molecule has 1 N–H and O–H groups in total. The maximum atomic E-state index is 13.4. The molecule has 2 aliphatic heterocycles. The molecule has 6 rings (SSSR count). The fourth-order valence-corrected chi connectivity index (χ4v) is 5.30. The number of hydrogen-bond donors (Lipinski definition) is 1. The van der Waals surface area contributed by atoms with Crippen LogP contribution in [0.3, 0.4) is 0 Å². The van der Waals surface area contributed by atoms with Crippen molar-refractivity contribution in [3.63, 3.8) is 0 Å². The van der Waals surface area contributed by atoms with Gasteiger partial charge in [-0.1, -0.05) is 25.8 Å². The number of halogens is 3.